The summed E-state index contributed by atoms with van der Waals surface area (Å²) in [4.78, 5) is 25.1. The molecule has 0 fully saturated rings. The summed E-state index contributed by atoms with van der Waals surface area (Å²) in [6.45, 7) is 6.19. The highest BCUT2D eigenvalue weighted by molar-refractivity contribution is 7.26. The van der Waals surface area contributed by atoms with Crippen molar-refractivity contribution in [2.24, 2.45) is 0 Å². The number of hydrogen-bond donors (Lipinski definition) is 0. The van der Waals surface area contributed by atoms with E-state index in [2.05, 4.69) is 0 Å². The molecule has 0 atom stereocenters. The molecule has 0 N–H and O–H groups in total. The summed E-state index contributed by atoms with van der Waals surface area (Å²) in [5.74, 6) is -0.405. The van der Waals surface area contributed by atoms with E-state index in [4.69, 9.17) is 11.1 Å². The standard InChI is InChI=1S/C12H14ClNO2Si/c1-4-14-11(15)9-6-5-8(17(2,3)13)7-10(9)12(14)16/h5-7H,4H2,1-3H3. The van der Waals surface area contributed by atoms with Gasteiger partial charge in [0, 0.05) is 6.54 Å². The molecule has 3 nitrogen and oxygen atoms in total. The lowest BCUT2D eigenvalue weighted by molar-refractivity contribution is 0.0663. The predicted octanol–water partition coefficient (Wildman–Crippen LogP) is 1.95. The van der Waals surface area contributed by atoms with E-state index >= 15 is 0 Å². The van der Waals surface area contributed by atoms with Gasteiger partial charge >= 0.3 is 0 Å². The number of imide groups is 1. The molecule has 90 valence electrons. The van der Waals surface area contributed by atoms with Crippen molar-refractivity contribution in [3.63, 3.8) is 0 Å². The molecule has 0 saturated carbocycles. The van der Waals surface area contributed by atoms with E-state index in [1.54, 1.807) is 19.1 Å². The van der Waals surface area contributed by atoms with Crippen molar-refractivity contribution >= 4 is 35.5 Å². The van der Waals surface area contributed by atoms with Crippen molar-refractivity contribution in [2.75, 3.05) is 6.54 Å². The van der Waals surface area contributed by atoms with Gasteiger partial charge in [-0.15, -0.1) is 0 Å². The Morgan fingerprint density at radius 2 is 1.76 bits per heavy atom. The molecule has 0 spiro atoms. The molecule has 0 aromatic heterocycles. The van der Waals surface area contributed by atoms with Crippen molar-refractivity contribution in [2.45, 2.75) is 20.0 Å². The second-order valence-electron chi connectivity index (χ2n) is 4.59. The minimum atomic E-state index is -1.97. The Hall–Kier alpha value is -1.13. The number of rotatable bonds is 2. The molecular formula is C12H14ClNO2Si. The third-order valence-corrected chi connectivity index (χ3v) is 5.31. The molecule has 0 radical (unpaired) electrons. The van der Waals surface area contributed by atoms with Gasteiger partial charge in [0.2, 0.25) is 0 Å². The van der Waals surface area contributed by atoms with Gasteiger partial charge in [0.05, 0.1) is 11.1 Å². The molecule has 1 aromatic carbocycles. The Labute approximate surface area is 106 Å². The average molecular weight is 268 g/mol. The number of fused-ring (bicyclic) bond motifs is 1. The number of nitrogens with zero attached hydrogens (tertiary/aromatic N) is 1. The molecule has 5 heteroatoms. The maximum Gasteiger partial charge on any atom is 0.261 e. The fourth-order valence-corrected chi connectivity index (χ4v) is 3.27. The van der Waals surface area contributed by atoms with E-state index in [0.29, 0.717) is 17.7 Å². The summed E-state index contributed by atoms with van der Waals surface area (Å²) in [5, 5.41) is 0.983. The largest absolute Gasteiger partial charge is 0.275 e. The highest BCUT2D eigenvalue weighted by Crippen LogP contribution is 2.22. The van der Waals surface area contributed by atoms with Crippen LogP contribution in [0.4, 0.5) is 0 Å². The second-order valence-corrected chi connectivity index (χ2v) is 10.9. The van der Waals surface area contributed by atoms with Crippen LogP contribution in [0.5, 0.6) is 0 Å². The van der Waals surface area contributed by atoms with Gasteiger partial charge in [0.25, 0.3) is 11.8 Å². The lowest BCUT2D eigenvalue weighted by Gasteiger charge is -2.13. The minimum Gasteiger partial charge on any atom is -0.275 e. The zero-order chi connectivity index (χ0) is 12.8. The van der Waals surface area contributed by atoms with E-state index in [1.165, 1.54) is 4.90 Å². The van der Waals surface area contributed by atoms with E-state index in [-0.39, 0.29) is 11.8 Å². The number of halogens is 1. The molecule has 0 saturated heterocycles. The number of benzene rings is 1. The highest BCUT2D eigenvalue weighted by Gasteiger charge is 2.35. The Kier molecular flexibility index (Phi) is 2.87. The topological polar surface area (TPSA) is 37.4 Å². The molecule has 1 aromatic rings. The van der Waals surface area contributed by atoms with Gasteiger partial charge in [-0.3, -0.25) is 14.5 Å². The van der Waals surface area contributed by atoms with Crippen LogP contribution >= 0.6 is 11.1 Å². The molecule has 1 aliphatic heterocycles. The summed E-state index contributed by atoms with van der Waals surface area (Å²) in [5.41, 5.74) is 0.992. The van der Waals surface area contributed by atoms with Crippen LogP contribution in [0.2, 0.25) is 13.1 Å². The van der Waals surface area contributed by atoms with Crippen molar-refractivity contribution in [1.82, 2.24) is 4.90 Å². The number of hydrogen-bond acceptors (Lipinski definition) is 2. The molecule has 17 heavy (non-hydrogen) atoms. The molecule has 1 heterocycles. The smallest absolute Gasteiger partial charge is 0.261 e. The lowest BCUT2D eigenvalue weighted by atomic mass is 10.1. The average Bonchev–Trinajstić information content (AvgIpc) is 2.50. The van der Waals surface area contributed by atoms with E-state index in [1.807, 2.05) is 19.2 Å². The second kappa shape index (κ2) is 3.96. The van der Waals surface area contributed by atoms with Crippen LogP contribution in [0.15, 0.2) is 18.2 Å². The first-order valence-corrected chi connectivity index (χ1v) is 9.57. The number of carbonyl (C=O) groups is 2. The van der Waals surface area contributed by atoms with Crippen LogP contribution in [-0.2, 0) is 0 Å². The van der Waals surface area contributed by atoms with Gasteiger partial charge in [-0.25, -0.2) is 0 Å². The summed E-state index contributed by atoms with van der Waals surface area (Å²) in [6.07, 6.45) is 0. The third-order valence-electron chi connectivity index (χ3n) is 2.97. The summed E-state index contributed by atoms with van der Waals surface area (Å²) in [6, 6.07) is 5.37. The Balaban J connectivity index is 2.54. The minimum absolute atomic E-state index is 0.201. The first-order chi connectivity index (χ1) is 7.86. The molecule has 2 rings (SSSR count). The Bertz CT molecular complexity index is 508. The summed E-state index contributed by atoms with van der Waals surface area (Å²) < 4.78 is 0. The summed E-state index contributed by atoms with van der Waals surface area (Å²) >= 11 is 6.34. The number of amides is 2. The van der Waals surface area contributed by atoms with Gasteiger partial charge in [-0.2, -0.15) is 11.1 Å². The quantitative estimate of drug-likeness (QED) is 0.467. The van der Waals surface area contributed by atoms with E-state index in [0.717, 1.165) is 5.19 Å². The fraction of sp³-hybridized carbons (Fsp3) is 0.333. The van der Waals surface area contributed by atoms with Crippen molar-refractivity contribution in [3.8, 4) is 0 Å². The van der Waals surface area contributed by atoms with Crippen molar-refractivity contribution < 1.29 is 9.59 Å². The molecule has 0 bridgehead atoms. The molecule has 0 unspecified atom stereocenters. The van der Waals surface area contributed by atoms with Gasteiger partial charge in [-0.1, -0.05) is 19.2 Å². The van der Waals surface area contributed by atoms with Gasteiger partial charge in [-0.05, 0) is 24.2 Å². The van der Waals surface area contributed by atoms with Gasteiger partial charge < -0.3 is 0 Å². The Morgan fingerprint density at radius 3 is 2.29 bits per heavy atom. The lowest BCUT2D eigenvalue weighted by Crippen LogP contribution is -2.35. The zero-order valence-electron chi connectivity index (χ0n) is 10.1. The first-order valence-electron chi connectivity index (χ1n) is 5.56. The maximum atomic E-state index is 12.0. The van der Waals surface area contributed by atoms with E-state index < -0.39 is 7.38 Å². The van der Waals surface area contributed by atoms with Gasteiger partial charge in [0.15, 0.2) is 7.38 Å². The van der Waals surface area contributed by atoms with Crippen LogP contribution in [-0.4, -0.2) is 30.6 Å². The van der Waals surface area contributed by atoms with Crippen LogP contribution in [0.25, 0.3) is 0 Å². The molecule has 1 aliphatic rings. The van der Waals surface area contributed by atoms with Crippen LogP contribution in [0.1, 0.15) is 27.6 Å². The van der Waals surface area contributed by atoms with Crippen LogP contribution in [0.3, 0.4) is 0 Å². The predicted molar refractivity (Wildman–Crippen MR) is 70.5 cm³/mol. The number of carbonyl (C=O) groups excluding carboxylic acids is 2. The van der Waals surface area contributed by atoms with Crippen LogP contribution < -0.4 is 5.19 Å². The fourth-order valence-electron chi connectivity index (χ4n) is 1.95. The maximum absolute atomic E-state index is 12.0. The zero-order valence-corrected chi connectivity index (χ0v) is 11.8. The summed E-state index contributed by atoms with van der Waals surface area (Å²) in [7, 11) is -1.97. The molecule has 2 amide bonds. The molecular weight excluding hydrogens is 254 g/mol. The van der Waals surface area contributed by atoms with Gasteiger partial charge in [0.1, 0.15) is 0 Å². The Morgan fingerprint density at radius 1 is 1.18 bits per heavy atom. The van der Waals surface area contributed by atoms with E-state index in [9.17, 15) is 9.59 Å². The van der Waals surface area contributed by atoms with Crippen molar-refractivity contribution in [3.05, 3.63) is 29.3 Å². The normalized spacial score (nSPS) is 15.4. The third kappa shape index (κ3) is 1.91. The molecule has 0 aliphatic carbocycles. The van der Waals surface area contributed by atoms with Crippen LogP contribution in [0, 0.1) is 0 Å². The monoisotopic (exact) mass is 267 g/mol. The SMILES string of the molecule is CCN1C(=O)c2ccc([Si](C)(C)Cl)cc2C1=O. The van der Waals surface area contributed by atoms with Crippen molar-refractivity contribution in [1.29, 1.82) is 0 Å². The first kappa shape index (κ1) is 12.3. The highest BCUT2D eigenvalue weighted by atomic mass is 35.6.